The van der Waals surface area contributed by atoms with E-state index in [2.05, 4.69) is 10.2 Å². The lowest BCUT2D eigenvalue weighted by Crippen LogP contribution is -2.57. The maximum absolute atomic E-state index is 13.8. The van der Waals surface area contributed by atoms with E-state index in [0.717, 1.165) is 26.2 Å². The molecule has 1 saturated heterocycles. The average molecular weight is 299 g/mol. The van der Waals surface area contributed by atoms with E-state index in [4.69, 9.17) is 11.6 Å². The number of benzene rings is 1. The van der Waals surface area contributed by atoms with Crippen LogP contribution in [0.3, 0.4) is 0 Å². The Morgan fingerprint density at radius 1 is 1.40 bits per heavy atom. The number of Topliss-reactive ketones (excluding diaryl/α,β-unsaturated/α-hetero) is 1. The number of piperazine rings is 1. The fourth-order valence-corrected chi connectivity index (χ4v) is 2.71. The number of nitrogens with one attached hydrogen (secondary N) is 1. The van der Waals surface area contributed by atoms with E-state index in [1.807, 2.05) is 13.8 Å². The lowest BCUT2D eigenvalue weighted by Gasteiger charge is -2.40. The van der Waals surface area contributed by atoms with E-state index in [-0.39, 0.29) is 12.2 Å². The number of nitrogens with zero attached hydrogens (tertiary/aromatic N) is 1. The van der Waals surface area contributed by atoms with Crippen molar-refractivity contribution in [2.24, 2.45) is 0 Å². The van der Waals surface area contributed by atoms with E-state index in [9.17, 15) is 9.18 Å². The topological polar surface area (TPSA) is 32.3 Å². The summed E-state index contributed by atoms with van der Waals surface area (Å²) in [6.07, 6.45) is 0.0302. The maximum atomic E-state index is 13.8. The van der Waals surface area contributed by atoms with Crippen LogP contribution in [0.5, 0.6) is 0 Å². The SMILES string of the molecule is CC(C)(C(=O)Cc1c(F)cccc1Cl)N1CCNCC1. The van der Waals surface area contributed by atoms with E-state index in [1.165, 1.54) is 6.07 Å². The number of ketones is 1. The van der Waals surface area contributed by atoms with Crippen molar-refractivity contribution in [1.82, 2.24) is 10.2 Å². The van der Waals surface area contributed by atoms with Crippen LogP contribution in [-0.4, -0.2) is 42.4 Å². The van der Waals surface area contributed by atoms with Gasteiger partial charge in [-0.1, -0.05) is 17.7 Å². The summed E-state index contributed by atoms with van der Waals surface area (Å²) in [5, 5.41) is 3.57. The predicted octanol–water partition coefficient (Wildman–Crippen LogP) is 2.27. The van der Waals surface area contributed by atoms with Crippen molar-refractivity contribution < 1.29 is 9.18 Å². The molecule has 0 amide bonds. The number of rotatable bonds is 4. The first-order valence-corrected chi connectivity index (χ1v) is 7.22. The molecule has 5 heteroatoms. The minimum atomic E-state index is -0.603. The van der Waals surface area contributed by atoms with Crippen molar-refractivity contribution in [3.8, 4) is 0 Å². The molecule has 1 aliphatic heterocycles. The zero-order valence-electron chi connectivity index (χ0n) is 11.9. The van der Waals surface area contributed by atoms with Gasteiger partial charge in [-0.3, -0.25) is 9.69 Å². The summed E-state index contributed by atoms with van der Waals surface area (Å²) in [6.45, 7) is 7.19. The Labute approximate surface area is 124 Å². The molecule has 0 bridgehead atoms. The van der Waals surface area contributed by atoms with Gasteiger partial charge in [0, 0.05) is 43.2 Å². The van der Waals surface area contributed by atoms with E-state index in [0.29, 0.717) is 10.6 Å². The van der Waals surface area contributed by atoms with Crippen LogP contribution in [0.1, 0.15) is 19.4 Å². The highest BCUT2D eigenvalue weighted by molar-refractivity contribution is 6.31. The molecule has 0 unspecified atom stereocenters. The second kappa shape index (κ2) is 6.20. The Bertz CT molecular complexity index is 478. The van der Waals surface area contributed by atoms with Crippen LogP contribution in [0.25, 0.3) is 0 Å². The van der Waals surface area contributed by atoms with Gasteiger partial charge in [0.15, 0.2) is 5.78 Å². The molecule has 0 spiro atoms. The number of halogens is 2. The zero-order valence-corrected chi connectivity index (χ0v) is 12.6. The molecule has 0 aromatic heterocycles. The van der Waals surface area contributed by atoms with Crippen LogP contribution >= 0.6 is 11.6 Å². The molecule has 2 rings (SSSR count). The predicted molar refractivity (Wildman–Crippen MR) is 78.6 cm³/mol. The summed E-state index contributed by atoms with van der Waals surface area (Å²) in [5.74, 6) is -0.423. The smallest absolute Gasteiger partial charge is 0.157 e. The third-order valence-corrected chi connectivity index (χ3v) is 4.34. The van der Waals surface area contributed by atoms with Gasteiger partial charge in [-0.2, -0.15) is 0 Å². The molecule has 1 aliphatic rings. The fourth-order valence-electron chi connectivity index (χ4n) is 2.48. The van der Waals surface area contributed by atoms with Gasteiger partial charge >= 0.3 is 0 Å². The van der Waals surface area contributed by atoms with Crippen LogP contribution in [0, 0.1) is 5.82 Å². The van der Waals surface area contributed by atoms with Gasteiger partial charge < -0.3 is 5.32 Å². The van der Waals surface area contributed by atoms with Crippen molar-refractivity contribution >= 4 is 17.4 Å². The molecule has 3 nitrogen and oxygen atoms in total. The first kappa shape index (κ1) is 15.4. The van der Waals surface area contributed by atoms with Crippen LogP contribution in [0.4, 0.5) is 4.39 Å². The Morgan fingerprint density at radius 2 is 2.05 bits per heavy atom. The van der Waals surface area contributed by atoms with Crippen LogP contribution < -0.4 is 5.32 Å². The monoisotopic (exact) mass is 298 g/mol. The lowest BCUT2D eigenvalue weighted by atomic mass is 9.91. The van der Waals surface area contributed by atoms with Crippen LogP contribution in [-0.2, 0) is 11.2 Å². The quantitative estimate of drug-likeness (QED) is 0.925. The zero-order chi connectivity index (χ0) is 14.8. The van der Waals surface area contributed by atoms with Crippen molar-refractivity contribution in [3.05, 3.63) is 34.6 Å². The molecule has 1 aromatic rings. The largest absolute Gasteiger partial charge is 0.314 e. The molecular weight excluding hydrogens is 279 g/mol. The van der Waals surface area contributed by atoms with E-state index < -0.39 is 11.4 Å². The number of hydrogen-bond acceptors (Lipinski definition) is 3. The van der Waals surface area contributed by atoms with Crippen LogP contribution in [0.15, 0.2) is 18.2 Å². The molecule has 1 heterocycles. The molecule has 0 radical (unpaired) electrons. The minimum Gasteiger partial charge on any atom is -0.314 e. The van der Waals surface area contributed by atoms with Gasteiger partial charge in [-0.05, 0) is 26.0 Å². The standard InChI is InChI=1S/C15H20ClFN2O/c1-15(2,19-8-6-18-7-9-19)14(20)10-11-12(16)4-3-5-13(11)17/h3-5,18H,6-10H2,1-2H3. The molecule has 20 heavy (non-hydrogen) atoms. The molecule has 1 aromatic carbocycles. The van der Waals surface area contributed by atoms with E-state index >= 15 is 0 Å². The molecule has 0 atom stereocenters. The van der Waals surface area contributed by atoms with Crippen molar-refractivity contribution in [2.45, 2.75) is 25.8 Å². The van der Waals surface area contributed by atoms with Gasteiger partial charge in [-0.25, -0.2) is 4.39 Å². The summed E-state index contributed by atoms with van der Waals surface area (Å²) in [7, 11) is 0. The van der Waals surface area contributed by atoms with E-state index in [1.54, 1.807) is 12.1 Å². The lowest BCUT2D eigenvalue weighted by molar-refractivity contribution is -0.129. The molecule has 1 fully saturated rings. The highest BCUT2D eigenvalue weighted by Gasteiger charge is 2.35. The molecular formula is C15H20ClFN2O. The average Bonchev–Trinajstić information content (AvgIpc) is 2.43. The van der Waals surface area contributed by atoms with Gasteiger partial charge in [0.1, 0.15) is 5.82 Å². The molecule has 0 saturated carbocycles. The normalized spacial score (nSPS) is 17.2. The second-order valence-electron chi connectivity index (χ2n) is 5.60. The van der Waals surface area contributed by atoms with Crippen molar-refractivity contribution in [1.29, 1.82) is 0 Å². The Morgan fingerprint density at radius 3 is 2.65 bits per heavy atom. The van der Waals surface area contributed by atoms with Gasteiger partial charge in [-0.15, -0.1) is 0 Å². The maximum Gasteiger partial charge on any atom is 0.157 e. The molecule has 110 valence electrons. The van der Waals surface area contributed by atoms with Crippen molar-refractivity contribution in [2.75, 3.05) is 26.2 Å². The highest BCUT2D eigenvalue weighted by Crippen LogP contribution is 2.24. The molecule has 0 aliphatic carbocycles. The van der Waals surface area contributed by atoms with Crippen LogP contribution in [0.2, 0.25) is 5.02 Å². The third kappa shape index (κ3) is 3.19. The van der Waals surface area contributed by atoms with Gasteiger partial charge in [0.05, 0.1) is 5.54 Å². The summed E-state index contributed by atoms with van der Waals surface area (Å²) in [4.78, 5) is 14.7. The minimum absolute atomic E-state index is 0.00796. The molecule has 1 N–H and O–H groups in total. The number of hydrogen-bond donors (Lipinski definition) is 1. The first-order chi connectivity index (χ1) is 9.43. The Balaban J connectivity index is 2.14. The Hall–Kier alpha value is -0.970. The summed E-state index contributed by atoms with van der Waals surface area (Å²) >= 11 is 5.99. The number of carbonyl (C=O) groups is 1. The van der Waals surface area contributed by atoms with Gasteiger partial charge in [0.25, 0.3) is 0 Å². The highest BCUT2D eigenvalue weighted by atomic mass is 35.5. The van der Waals surface area contributed by atoms with Gasteiger partial charge in [0.2, 0.25) is 0 Å². The third-order valence-electron chi connectivity index (χ3n) is 3.99. The number of carbonyl (C=O) groups excluding carboxylic acids is 1. The summed E-state index contributed by atoms with van der Waals surface area (Å²) in [6, 6.07) is 4.50. The summed E-state index contributed by atoms with van der Waals surface area (Å²) < 4.78 is 13.8. The Kier molecular flexibility index (Phi) is 4.78. The van der Waals surface area contributed by atoms with Crippen molar-refractivity contribution in [3.63, 3.8) is 0 Å². The summed E-state index contributed by atoms with van der Waals surface area (Å²) in [5.41, 5.74) is -0.310. The first-order valence-electron chi connectivity index (χ1n) is 6.85. The second-order valence-corrected chi connectivity index (χ2v) is 6.00. The fraction of sp³-hybridized carbons (Fsp3) is 0.533.